The highest BCUT2D eigenvalue weighted by atomic mass is 35.5. The first-order valence-corrected chi connectivity index (χ1v) is 13.8. The number of likely N-dealkylation sites (tertiary alicyclic amines) is 1. The molecule has 3 aliphatic heterocycles. The van der Waals surface area contributed by atoms with Crippen LogP contribution >= 0.6 is 11.6 Å². The molecule has 206 valence electrons. The van der Waals surface area contributed by atoms with E-state index in [1.54, 1.807) is 17.2 Å². The van der Waals surface area contributed by atoms with Crippen molar-refractivity contribution in [3.63, 3.8) is 0 Å². The number of fused-ring (bicyclic) bond motifs is 2. The van der Waals surface area contributed by atoms with Gasteiger partial charge >= 0.3 is 0 Å². The van der Waals surface area contributed by atoms with E-state index in [2.05, 4.69) is 45.6 Å². The number of likely N-dealkylation sites (N-methyl/N-ethyl adjacent to an activating group) is 1. The summed E-state index contributed by atoms with van der Waals surface area (Å²) in [4.78, 5) is 30.0. The summed E-state index contributed by atoms with van der Waals surface area (Å²) >= 11 is 6.86. The number of hydrogen-bond acceptors (Lipinski definition) is 7. The van der Waals surface area contributed by atoms with Crippen LogP contribution in [0.2, 0.25) is 5.02 Å². The van der Waals surface area contributed by atoms with Crippen molar-refractivity contribution >= 4 is 51.1 Å². The summed E-state index contributed by atoms with van der Waals surface area (Å²) in [5.41, 5.74) is 2.89. The lowest BCUT2D eigenvalue weighted by Crippen LogP contribution is -2.73. The molecule has 2 aromatic heterocycles. The molecule has 4 aromatic rings. The van der Waals surface area contributed by atoms with Crippen molar-refractivity contribution in [1.82, 2.24) is 30.0 Å². The van der Waals surface area contributed by atoms with Crippen LogP contribution in [0.3, 0.4) is 0 Å². The Morgan fingerprint density at radius 2 is 1.93 bits per heavy atom. The van der Waals surface area contributed by atoms with Gasteiger partial charge in [0, 0.05) is 72.6 Å². The van der Waals surface area contributed by atoms with E-state index in [0.29, 0.717) is 52.4 Å². The Balaban J connectivity index is 1.33. The third-order valence-corrected chi connectivity index (χ3v) is 8.99. The molecule has 0 atom stereocenters. The molecular formula is C29H30ClFN8O. The molecule has 1 amide bonds. The number of aromatic amines is 1. The van der Waals surface area contributed by atoms with E-state index in [9.17, 15) is 4.79 Å². The lowest BCUT2D eigenvalue weighted by molar-refractivity contribution is -0.139. The van der Waals surface area contributed by atoms with Crippen molar-refractivity contribution in [3.05, 3.63) is 53.5 Å². The van der Waals surface area contributed by atoms with Gasteiger partial charge in [0.1, 0.15) is 11.3 Å². The van der Waals surface area contributed by atoms with Gasteiger partial charge in [-0.3, -0.25) is 9.89 Å². The lowest BCUT2D eigenvalue weighted by Gasteiger charge is -2.60. The minimum absolute atomic E-state index is 0.0263. The Kier molecular flexibility index (Phi) is 5.59. The van der Waals surface area contributed by atoms with Crippen LogP contribution in [-0.2, 0) is 4.79 Å². The number of H-pyrrole nitrogens is 1. The molecule has 0 bridgehead atoms. The molecule has 3 aliphatic rings. The van der Waals surface area contributed by atoms with Crippen molar-refractivity contribution in [2.45, 2.75) is 13.0 Å². The Hall–Kier alpha value is -3.76. The second-order valence-electron chi connectivity index (χ2n) is 11.7. The molecule has 1 N–H and O–H groups in total. The minimum atomic E-state index is -0.469. The van der Waals surface area contributed by atoms with Gasteiger partial charge in [0.15, 0.2) is 5.82 Å². The Morgan fingerprint density at radius 3 is 2.62 bits per heavy atom. The van der Waals surface area contributed by atoms with Gasteiger partial charge in [0.05, 0.1) is 16.7 Å². The van der Waals surface area contributed by atoms with E-state index in [-0.39, 0.29) is 16.8 Å². The van der Waals surface area contributed by atoms with E-state index in [1.807, 2.05) is 19.1 Å². The average molecular weight is 561 g/mol. The quantitative estimate of drug-likeness (QED) is 0.371. The number of rotatable bonds is 5. The first kappa shape index (κ1) is 25.2. The van der Waals surface area contributed by atoms with Crippen molar-refractivity contribution in [1.29, 1.82) is 0 Å². The Bertz CT molecular complexity index is 1700. The van der Waals surface area contributed by atoms with Gasteiger partial charge in [0.2, 0.25) is 11.9 Å². The molecule has 0 saturated carbocycles. The van der Waals surface area contributed by atoms with E-state index < -0.39 is 5.82 Å². The molecule has 9 nitrogen and oxygen atoms in total. The van der Waals surface area contributed by atoms with E-state index in [0.717, 1.165) is 42.6 Å². The predicted molar refractivity (Wildman–Crippen MR) is 155 cm³/mol. The number of hydrogen-bond donors (Lipinski definition) is 1. The number of halogens is 2. The van der Waals surface area contributed by atoms with Crippen molar-refractivity contribution in [2.75, 3.05) is 63.2 Å². The largest absolute Gasteiger partial charge is 0.354 e. The number of carbonyl (C=O) groups is 1. The third-order valence-electron chi connectivity index (χ3n) is 8.69. The number of nitrogens with one attached hydrogen (secondary N) is 1. The monoisotopic (exact) mass is 560 g/mol. The summed E-state index contributed by atoms with van der Waals surface area (Å²) in [6, 6.07) is 6.09. The maximum atomic E-state index is 16.7. The van der Waals surface area contributed by atoms with Crippen molar-refractivity contribution in [2.24, 2.45) is 5.41 Å². The first-order valence-electron chi connectivity index (χ1n) is 13.4. The van der Waals surface area contributed by atoms with Crippen LogP contribution in [0.4, 0.5) is 16.2 Å². The smallest absolute Gasteiger partial charge is 0.245 e. The normalized spacial score (nSPS) is 18.4. The van der Waals surface area contributed by atoms with E-state index in [4.69, 9.17) is 21.6 Å². The highest BCUT2D eigenvalue weighted by Crippen LogP contribution is 2.46. The average Bonchev–Trinajstić information content (AvgIpc) is 3.31. The number of aryl methyl sites for hydroxylation is 1. The standard InChI is InChI=1S/C29H30ClFN8O/c1-5-21(40)38-12-29(13-38)14-39(15-29)27-19-8-20(30)23(22-16(2)6-7-17-9-32-35-25(17)22)24(31)26(19)33-28(34-27)37-10-18(11-37)36(3)4/h5-9,18H,1,10-15H2,2-4H3,(H,32,35). The molecule has 1 spiro atoms. The lowest BCUT2D eigenvalue weighted by atomic mass is 9.72. The molecule has 3 fully saturated rings. The Morgan fingerprint density at radius 1 is 1.18 bits per heavy atom. The number of anilines is 2. The molecule has 7 rings (SSSR count). The third kappa shape index (κ3) is 3.69. The predicted octanol–water partition coefficient (Wildman–Crippen LogP) is 3.86. The summed E-state index contributed by atoms with van der Waals surface area (Å²) in [6.07, 6.45) is 3.08. The van der Waals surface area contributed by atoms with Crippen LogP contribution in [0.1, 0.15) is 5.56 Å². The van der Waals surface area contributed by atoms with Gasteiger partial charge in [-0.2, -0.15) is 10.1 Å². The zero-order chi connectivity index (χ0) is 27.9. The molecule has 3 saturated heterocycles. The fourth-order valence-corrected chi connectivity index (χ4v) is 6.61. The highest BCUT2D eigenvalue weighted by molar-refractivity contribution is 6.35. The number of amides is 1. The number of benzene rings is 2. The van der Waals surface area contributed by atoms with Gasteiger partial charge in [-0.25, -0.2) is 9.37 Å². The molecule has 0 aliphatic carbocycles. The molecule has 5 heterocycles. The second-order valence-corrected chi connectivity index (χ2v) is 12.1. The molecular weight excluding hydrogens is 531 g/mol. The highest BCUT2D eigenvalue weighted by Gasteiger charge is 2.53. The van der Waals surface area contributed by atoms with Crippen LogP contribution in [-0.4, -0.2) is 95.3 Å². The van der Waals surface area contributed by atoms with Crippen LogP contribution in [0.15, 0.2) is 37.1 Å². The van der Waals surface area contributed by atoms with Crippen LogP contribution in [0.25, 0.3) is 32.9 Å². The topological polar surface area (TPSA) is 84.5 Å². The van der Waals surface area contributed by atoms with Gasteiger partial charge in [-0.05, 0) is 38.7 Å². The SMILES string of the molecule is C=CC(=O)N1CC2(C1)CN(c1nc(N3CC(N(C)C)C3)nc3c(F)c(-c4c(C)ccc5cn[nH]c45)c(Cl)cc13)C2. The zero-order valence-corrected chi connectivity index (χ0v) is 23.5. The van der Waals surface area contributed by atoms with Gasteiger partial charge < -0.3 is 19.6 Å². The van der Waals surface area contributed by atoms with Crippen LogP contribution < -0.4 is 9.80 Å². The fourth-order valence-electron chi connectivity index (χ4n) is 6.33. The van der Waals surface area contributed by atoms with Crippen molar-refractivity contribution < 1.29 is 9.18 Å². The summed E-state index contributed by atoms with van der Waals surface area (Å²) in [5, 5.41) is 8.95. The first-order chi connectivity index (χ1) is 19.2. The van der Waals surface area contributed by atoms with Gasteiger partial charge in [-0.15, -0.1) is 0 Å². The van der Waals surface area contributed by atoms with Crippen LogP contribution in [0.5, 0.6) is 0 Å². The van der Waals surface area contributed by atoms with Gasteiger partial charge in [0.25, 0.3) is 0 Å². The number of carbonyl (C=O) groups excluding carboxylic acids is 1. The summed E-state index contributed by atoms with van der Waals surface area (Å²) in [7, 11) is 4.11. The molecule has 0 radical (unpaired) electrons. The molecule has 2 aromatic carbocycles. The fraction of sp³-hybridized carbons (Fsp3) is 0.379. The van der Waals surface area contributed by atoms with Crippen molar-refractivity contribution in [3.8, 4) is 11.1 Å². The van der Waals surface area contributed by atoms with E-state index >= 15 is 4.39 Å². The number of aromatic nitrogens is 4. The summed E-state index contributed by atoms with van der Waals surface area (Å²) in [6.45, 7) is 9.91. The molecule has 0 unspecified atom stereocenters. The van der Waals surface area contributed by atoms with Gasteiger partial charge in [-0.1, -0.05) is 30.3 Å². The molecule has 11 heteroatoms. The zero-order valence-electron chi connectivity index (χ0n) is 22.7. The maximum absolute atomic E-state index is 16.7. The minimum Gasteiger partial charge on any atom is -0.354 e. The summed E-state index contributed by atoms with van der Waals surface area (Å²) in [5.74, 6) is 0.679. The molecule has 40 heavy (non-hydrogen) atoms. The second kappa shape index (κ2) is 8.87. The maximum Gasteiger partial charge on any atom is 0.245 e. The Labute approximate surface area is 236 Å². The van der Waals surface area contributed by atoms with Crippen LogP contribution in [0, 0.1) is 18.2 Å². The number of nitrogens with zero attached hydrogens (tertiary/aromatic N) is 7. The summed E-state index contributed by atoms with van der Waals surface area (Å²) < 4.78 is 16.7. The van der Waals surface area contributed by atoms with E-state index in [1.165, 1.54) is 6.08 Å².